The maximum absolute atomic E-state index is 13.9. The van der Waals surface area contributed by atoms with Crippen LogP contribution in [0.25, 0.3) is 11.3 Å². The van der Waals surface area contributed by atoms with Gasteiger partial charge in [-0.25, -0.2) is 4.39 Å². The summed E-state index contributed by atoms with van der Waals surface area (Å²) in [6, 6.07) is 16.5. The maximum Gasteiger partial charge on any atom is 0.269 e. The molecule has 4 rings (SSSR count). The second-order valence-corrected chi connectivity index (χ2v) is 7.28. The van der Waals surface area contributed by atoms with Crippen molar-refractivity contribution in [3.8, 4) is 11.3 Å². The van der Waals surface area contributed by atoms with Gasteiger partial charge in [-0.1, -0.05) is 36.4 Å². The van der Waals surface area contributed by atoms with E-state index in [1.165, 1.54) is 17.2 Å². The van der Waals surface area contributed by atoms with E-state index in [0.717, 1.165) is 26.1 Å². The fourth-order valence-corrected chi connectivity index (χ4v) is 3.69. The number of benzene rings is 2. The summed E-state index contributed by atoms with van der Waals surface area (Å²) >= 11 is 0. The molecule has 2 N–H and O–H groups in total. The van der Waals surface area contributed by atoms with E-state index in [0.29, 0.717) is 17.0 Å². The van der Waals surface area contributed by atoms with Gasteiger partial charge in [0.2, 0.25) is 0 Å². The number of fused-ring (bicyclic) bond motifs is 1. The van der Waals surface area contributed by atoms with Gasteiger partial charge in [-0.3, -0.25) is 14.8 Å². The molecule has 1 atom stereocenters. The minimum absolute atomic E-state index is 0.0158. The average molecular weight is 378 g/mol. The predicted octanol–water partition coefficient (Wildman–Crippen LogP) is 3.39. The van der Waals surface area contributed by atoms with Crippen LogP contribution in [0.3, 0.4) is 0 Å². The van der Waals surface area contributed by atoms with Crippen molar-refractivity contribution >= 4 is 5.91 Å². The molecule has 1 aliphatic heterocycles. The Kier molecular flexibility index (Phi) is 5.21. The van der Waals surface area contributed by atoms with Crippen molar-refractivity contribution in [3.05, 3.63) is 77.2 Å². The molecular formula is C22H23FN4O. The number of halogens is 1. The topological polar surface area (TPSA) is 61.0 Å². The van der Waals surface area contributed by atoms with E-state index in [9.17, 15) is 9.18 Å². The molecule has 2 aromatic carbocycles. The molecule has 1 unspecified atom stereocenters. The van der Waals surface area contributed by atoms with Crippen LogP contribution in [-0.2, 0) is 13.0 Å². The van der Waals surface area contributed by atoms with Crippen molar-refractivity contribution in [2.45, 2.75) is 25.9 Å². The van der Waals surface area contributed by atoms with Gasteiger partial charge in [0.1, 0.15) is 11.5 Å². The van der Waals surface area contributed by atoms with Gasteiger partial charge in [0.05, 0.1) is 5.69 Å². The first-order valence-corrected chi connectivity index (χ1v) is 9.50. The van der Waals surface area contributed by atoms with Gasteiger partial charge < -0.3 is 5.32 Å². The number of nitrogens with one attached hydrogen (secondary N) is 2. The van der Waals surface area contributed by atoms with Gasteiger partial charge in [0.25, 0.3) is 5.91 Å². The summed E-state index contributed by atoms with van der Waals surface area (Å²) in [7, 11) is 0. The van der Waals surface area contributed by atoms with Gasteiger partial charge in [-0.15, -0.1) is 0 Å². The average Bonchev–Trinajstić information content (AvgIpc) is 3.18. The second kappa shape index (κ2) is 7.94. The van der Waals surface area contributed by atoms with Crippen molar-refractivity contribution in [2.75, 3.05) is 13.1 Å². The maximum atomic E-state index is 13.9. The van der Waals surface area contributed by atoms with Crippen LogP contribution in [-0.4, -0.2) is 40.1 Å². The van der Waals surface area contributed by atoms with E-state index in [4.69, 9.17) is 0 Å². The van der Waals surface area contributed by atoms with Crippen molar-refractivity contribution < 1.29 is 9.18 Å². The molecule has 28 heavy (non-hydrogen) atoms. The lowest BCUT2D eigenvalue weighted by Gasteiger charge is -2.31. The Morgan fingerprint density at radius 3 is 2.79 bits per heavy atom. The van der Waals surface area contributed by atoms with E-state index >= 15 is 0 Å². The third-order valence-electron chi connectivity index (χ3n) is 5.09. The molecule has 0 aliphatic carbocycles. The summed E-state index contributed by atoms with van der Waals surface area (Å²) in [5.41, 5.74) is 3.89. The third kappa shape index (κ3) is 3.97. The third-order valence-corrected chi connectivity index (χ3v) is 5.09. The molecule has 5 nitrogen and oxygen atoms in total. The van der Waals surface area contributed by atoms with Crippen LogP contribution in [0.5, 0.6) is 0 Å². The number of hydrogen-bond acceptors (Lipinski definition) is 3. The molecule has 1 amide bonds. The van der Waals surface area contributed by atoms with Crippen LogP contribution in [0.15, 0.2) is 54.6 Å². The Balaban J connectivity index is 1.36. The van der Waals surface area contributed by atoms with Crippen LogP contribution in [0.1, 0.15) is 28.5 Å². The second-order valence-electron chi connectivity index (χ2n) is 7.28. The SMILES string of the molecule is CC(CN1CCc2ccccc2C1)NC(=O)c1cc(-c2ccccc2F)n[nH]1. The normalized spacial score (nSPS) is 15.1. The van der Waals surface area contributed by atoms with Crippen molar-refractivity contribution in [1.29, 1.82) is 0 Å². The molecule has 1 aliphatic rings. The molecule has 2 heterocycles. The smallest absolute Gasteiger partial charge is 0.269 e. The number of nitrogens with zero attached hydrogens (tertiary/aromatic N) is 2. The first kappa shape index (κ1) is 18.4. The summed E-state index contributed by atoms with van der Waals surface area (Å²) in [6.07, 6.45) is 1.03. The Labute approximate surface area is 163 Å². The first-order chi connectivity index (χ1) is 13.6. The summed E-state index contributed by atoms with van der Waals surface area (Å²) in [5.74, 6) is -0.597. The van der Waals surface area contributed by atoms with Crippen molar-refractivity contribution in [3.63, 3.8) is 0 Å². The zero-order chi connectivity index (χ0) is 19.5. The standard InChI is InChI=1S/C22H23FN4O/c1-15(13-27-11-10-16-6-2-3-7-17(16)14-27)24-22(28)21-12-20(25-26-21)18-8-4-5-9-19(18)23/h2-9,12,15H,10-11,13-14H2,1H3,(H,24,28)(H,25,26). The molecule has 0 saturated carbocycles. The number of carbonyl (C=O) groups is 1. The summed E-state index contributed by atoms with van der Waals surface area (Å²) in [5, 5.41) is 9.79. The first-order valence-electron chi connectivity index (χ1n) is 9.50. The highest BCUT2D eigenvalue weighted by Crippen LogP contribution is 2.21. The van der Waals surface area contributed by atoms with Gasteiger partial charge in [0, 0.05) is 31.2 Å². The fraction of sp³-hybridized carbons (Fsp3) is 0.273. The van der Waals surface area contributed by atoms with Gasteiger partial charge >= 0.3 is 0 Å². The van der Waals surface area contributed by atoms with Gasteiger partial charge in [-0.05, 0) is 42.7 Å². The van der Waals surface area contributed by atoms with Crippen LogP contribution in [0, 0.1) is 5.82 Å². The van der Waals surface area contributed by atoms with Crippen LogP contribution in [0.4, 0.5) is 4.39 Å². The highest BCUT2D eigenvalue weighted by molar-refractivity contribution is 5.93. The highest BCUT2D eigenvalue weighted by Gasteiger charge is 2.20. The number of amides is 1. The molecule has 0 radical (unpaired) electrons. The van der Waals surface area contributed by atoms with Gasteiger partial charge in [-0.2, -0.15) is 5.10 Å². The van der Waals surface area contributed by atoms with Crippen molar-refractivity contribution in [2.24, 2.45) is 0 Å². The van der Waals surface area contributed by atoms with E-state index in [1.54, 1.807) is 24.3 Å². The molecular weight excluding hydrogens is 355 g/mol. The molecule has 144 valence electrons. The Hall–Kier alpha value is -2.99. The quantitative estimate of drug-likeness (QED) is 0.715. The Morgan fingerprint density at radius 1 is 1.21 bits per heavy atom. The van der Waals surface area contributed by atoms with Crippen LogP contribution < -0.4 is 5.32 Å². The number of carbonyl (C=O) groups excluding carboxylic acids is 1. The lowest BCUT2D eigenvalue weighted by Crippen LogP contribution is -2.43. The number of rotatable bonds is 5. The number of aromatic nitrogens is 2. The molecule has 0 spiro atoms. The zero-order valence-corrected chi connectivity index (χ0v) is 15.8. The predicted molar refractivity (Wildman–Crippen MR) is 106 cm³/mol. The van der Waals surface area contributed by atoms with Gasteiger partial charge in [0.15, 0.2) is 0 Å². The Morgan fingerprint density at radius 2 is 1.96 bits per heavy atom. The molecule has 0 bridgehead atoms. The summed E-state index contributed by atoms with van der Waals surface area (Å²) in [6.45, 7) is 4.65. The fourth-order valence-electron chi connectivity index (χ4n) is 3.69. The molecule has 3 aromatic rings. The summed E-state index contributed by atoms with van der Waals surface area (Å²) in [4.78, 5) is 14.9. The van der Waals surface area contributed by atoms with E-state index < -0.39 is 0 Å². The van der Waals surface area contributed by atoms with Crippen molar-refractivity contribution in [1.82, 2.24) is 20.4 Å². The minimum Gasteiger partial charge on any atom is -0.347 e. The monoisotopic (exact) mass is 378 g/mol. The Bertz CT molecular complexity index is 984. The molecule has 0 saturated heterocycles. The lowest BCUT2D eigenvalue weighted by atomic mass is 10.00. The van der Waals surface area contributed by atoms with E-state index in [-0.39, 0.29) is 17.8 Å². The minimum atomic E-state index is -0.361. The molecule has 1 aromatic heterocycles. The molecule has 6 heteroatoms. The van der Waals surface area contributed by atoms with Crippen LogP contribution in [0.2, 0.25) is 0 Å². The molecule has 0 fully saturated rings. The van der Waals surface area contributed by atoms with Crippen LogP contribution >= 0.6 is 0 Å². The zero-order valence-electron chi connectivity index (χ0n) is 15.8. The van der Waals surface area contributed by atoms with E-state index in [2.05, 4.69) is 44.7 Å². The number of aromatic amines is 1. The van der Waals surface area contributed by atoms with E-state index in [1.807, 2.05) is 6.92 Å². The summed E-state index contributed by atoms with van der Waals surface area (Å²) < 4.78 is 13.9. The highest BCUT2D eigenvalue weighted by atomic mass is 19.1. The largest absolute Gasteiger partial charge is 0.347 e. The lowest BCUT2D eigenvalue weighted by molar-refractivity contribution is 0.0922. The number of hydrogen-bond donors (Lipinski definition) is 2. The number of H-pyrrole nitrogens is 1.